The molecule has 0 aromatic carbocycles. The van der Waals surface area contributed by atoms with Gasteiger partial charge >= 0.3 is 0 Å². The molecule has 0 amide bonds. The second-order valence-electron chi connectivity index (χ2n) is 2.51. The molecule has 0 aromatic rings. The second kappa shape index (κ2) is 3.71. The molecule has 0 heteroatoms. The average molecular weight is 111 g/mol. The van der Waals surface area contributed by atoms with E-state index in [0.29, 0.717) is 5.92 Å². The van der Waals surface area contributed by atoms with Gasteiger partial charge in [0, 0.05) is 0 Å². The molecule has 0 N–H and O–H groups in total. The molecule has 0 aliphatic carbocycles. The van der Waals surface area contributed by atoms with E-state index in [0.717, 1.165) is 6.42 Å². The Balaban J connectivity index is 3.56. The molecule has 1 radical (unpaired) electrons. The summed E-state index contributed by atoms with van der Waals surface area (Å²) in [5, 5.41) is 0. The molecule has 0 heterocycles. The summed E-state index contributed by atoms with van der Waals surface area (Å²) in [6.45, 7) is 10.2. The summed E-state index contributed by atoms with van der Waals surface area (Å²) in [4.78, 5) is 0. The van der Waals surface area contributed by atoms with Crippen LogP contribution in [-0.4, -0.2) is 0 Å². The largest absolute Gasteiger partial charge is 0.0830 e. The van der Waals surface area contributed by atoms with Crippen LogP contribution >= 0.6 is 0 Å². The Bertz CT molecular complexity index is 78.0. The average Bonchev–Trinajstić information content (AvgIpc) is 1.65. The molecule has 0 saturated carbocycles. The van der Waals surface area contributed by atoms with Crippen LogP contribution in [0.4, 0.5) is 0 Å². The van der Waals surface area contributed by atoms with Gasteiger partial charge < -0.3 is 0 Å². The fraction of sp³-hybridized carbons (Fsp3) is 0.625. The molecule has 0 fully saturated rings. The highest BCUT2D eigenvalue weighted by Crippen LogP contribution is 2.03. The number of hydrogen-bond donors (Lipinski definition) is 0. The van der Waals surface area contributed by atoms with Gasteiger partial charge in [-0.05, 0) is 26.2 Å². The Morgan fingerprint density at radius 3 is 2.25 bits per heavy atom. The minimum atomic E-state index is 0.678. The van der Waals surface area contributed by atoms with Crippen LogP contribution in [0.25, 0.3) is 0 Å². The highest BCUT2D eigenvalue weighted by molar-refractivity contribution is 4.99. The van der Waals surface area contributed by atoms with Crippen molar-refractivity contribution in [3.05, 3.63) is 18.6 Å². The topological polar surface area (TPSA) is 0 Å². The molecule has 0 unspecified atom stereocenters. The normalized spacial score (nSPS) is 12.9. The van der Waals surface area contributed by atoms with Crippen molar-refractivity contribution in [3.63, 3.8) is 0 Å². The van der Waals surface area contributed by atoms with E-state index in [9.17, 15) is 0 Å². The van der Waals surface area contributed by atoms with Crippen molar-refractivity contribution in [3.8, 4) is 0 Å². The van der Waals surface area contributed by atoms with Crippen molar-refractivity contribution in [1.82, 2.24) is 0 Å². The van der Waals surface area contributed by atoms with Crippen LogP contribution in [0.2, 0.25) is 0 Å². The van der Waals surface area contributed by atoms with E-state index in [4.69, 9.17) is 0 Å². The Morgan fingerprint density at radius 2 is 2.12 bits per heavy atom. The van der Waals surface area contributed by atoms with Crippen LogP contribution in [0.5, 0.6) is 0 Å². The third-order valence-electron chi connectivity index (χ3n) is 1.01. The lowest BCUT2D eigenvalue weighted by Crippen LogP contribution is -1.80. The van der Waals surface area contributed by atoms with Gasteiger partial charge in [0.15, 0.2) is 0 Å². The lowest BCUT2D eigenvalue weighted by atomic mass is 10.1. The van der Waals surface area contributed by atoms with Crippen LogP contribution in [0, 0.1) is 12.8 Å². The van der Waals surface area contributed by atoms with Gasteiger partial charge in [-0.2, -0.15) is 0 Å². The van der Waals surface area contributed by atoms with E-state index in [1.54, 1.807) is 0 Å². The lowest BCUT2D eigenvalue weighted by molar-refractivity contribution is 0.817. The van der Waals surface area contributed by atoms with Crippen molar-refractivity contribution in [2.45, 2.75) is 27.2 Å². The fourth-order valence-electron chi connectivity index (χ4n) is 0.652. The zero-order chi connectivity index (χ0) is 6.57. The summed E-state index contributed by atoms with van der Waals surface area (Å²) in [6, 6.07) is 0. The van der Waals surface area contributed by atoms with Crippen LogP contribution in [-0.2, 0) is 0 Å². The van der Waals surface area contributed by atoms with Crippen molar-refractivity contribution >= 4 is 0 Å². The number of hydrogen-bond acceptors (Lipinski definition) is 0. The first-order valence-electron chi connectivity index (χ1n) is 3.13. The maximum Gasteiger partial charge on any atom is -0.0288 e. The Morgan fingerprint density at radius 1 is 1.62 bits per heavy atom. The Kier molecular flexibility index (Phi) is 3.59. The van der Waals surface area contributed by atoms with Crippen LogP contribution in [0.15, 0.2) is 11.6 Å². The molecular formula is C8H15. The molecule has 0 aliphatic rings. The summed E-state index contributed by atoms with van der Waals surface area (Å²) >= 11 is 0. The summed E-state index contributed by atoms with van der Waals surface area (Å²) in [5.74, 6) is 0.678. The second-order valence-corrected chi connectivity index (χ2v) is 2.51. The molecule has 0 nitrogen and oxygen atoms in total. The highest BCUT2D eigenvalue weighted by atomic mass is 13.9. The van der Waals surface area contributed by atoms with Gasteiger partial charge in [0.1, 0.15) is 0 Å². The van der Waals surface area contributed by atoms with Crippen LogP contribution in [0.3, 0.4) is 0 Å². The monoisotopic (exact) mass is 111 g/mol. The van der Waals surface area contributed by atoms with Crippen molar-refractivity contribution < 1.29 is 0 Å². The van der Waals surface area contributed by atoms with Gasteiger partial charge in [-0.3, -0.25) is 0 Å². The standard InChI is InChI=1S/C8H15/c1-5-8(4)6-7(2)3/h6-7H,1,5H2,2-4H3. The molecule has 0 spiro atoms. The van der Waals surface area contributed by atoms with Gasteiger partial charge in [-0.25, -0.2) is 0 Å². The highest BCUT2D eigenvalue weighted by Gasteiger charge is 1.86. The molecule has 0 bridgehead atoms. The molecule has 0 rings (SSSR count). The molecular weight excluding hydrogens is 96.1 g/mol. The quantitative estimate of drug-likeness (QED) is 0.481. The summed E-state index contributed by atoms with van der Waals surface area (Å²) in [7, 11) is 0. The smallest absolute Gasteiger partial charge is 0.0288 e. The van der Waals surface area contributed by atoms with E-state index in [1.807, 2.05) is 0 Å². The lowest BCUT2D eigenvalue weighted by Gasteiger charge is -1.96. The van der Waals surface area contributed by atoms with Gasteiger partial charge in [0.2, 0.25) is 0 Å². The van der Waals surface area contributed by atoms with Gasteiger partial charge in [0.05, 0.1) is 0 Å². The Labute approximate surface area is 52.6 Å². The zero-order valence-corrected chi connectivity index (χ0v) is 6.07. The summed E-state index contributed by atoms with van der Waals surface area (Å²) in [6.07, 6.45) is 3.19. The zero-order valence-electron chi connectivity index (χ0n) is 6.07. The van der Waals surface area contributed by atoms with Gasteiger partial charge in [-0.15, -0.1) is 0 Å². The number of allylic oxidation sites excluding steroid dienone is 2. The molecule has 0 aliphatic heterocycles. The molecule has 0 atom stereocenters. The van der Waals surface area contributed by atoms with E-state index in [1.165, 1.54) is 5.57 Å². The maximum atomic E-state index is 3.77. The fourth-order valence-corrected chi connectivity index (χ4v) is 0.652. The van der Waals surface area contributed by atoms with E-state index >= 15 is 0 Å². The first-order valence-corrected chi connectivity index (χ1v) is 3.13. The SMILES string of the molecule is [CH2]CC(C)=CC(C)C. The van der Waals surface area contributed by atoms with Crippen molar-refractivity contribution in [2.75, 3.05) is 0 Å². The summed E-state index contributed by atoms with van der Waals surface area (Å²) < 4.78 is 0. The van der Waals surface area contributed by atoms with Crippen molar-refractivity contribution in [2.24, 2.45) is 5.92 Å². The Hall–Kier alpha value is -0.260. The third kappa shape index (κ3) is 3.91. The minimum absolute atomic E-state index is 0.678. The first kappa shape index (κ1) is 7.74. The van der Waals surface area contributed by atoms with E-state index in [2.05, 4.69) is 33.8 Å². The minimum Gasteiger partial charge on any atom is -0.0830 e. The van der Waals surface area contributed by atoms with Gasteiger partial charge in [-0.1, -0.05) is 25.5 Å². The predicted octanol–water partition coefficient (Wildman–Crippen LogP) is 2.81. The van der Waals surface area contributed by atoms with E-state index < -0.39 is 0 Å². The predicted molar refractivity (Wildman–Crippen MR) is 38.6 cm³/mol. The maximum absolute atomic E-state index is 3.77. The summed E-state index contributed by atoms with van der Waals surface area (Å²) in [5.41, 5.74) is 1.39. The van der Waals surface area contributed by atoms with Crippen LogP contribution < -0.4 is 0 Å². The molecule has 8 heavy (non-hydrogen) atoms. The first-order chi connectivity index (χ1) is 3.66. The third-order valence-corrected chi connectivity index (χ3v) is 1.01. The van der Waals surface area contributed by atoms with E-state index in [-0.39, 0.29) is 0 Å². The molecule has 0 aromatic heterocycles. The molecule has 47 valence electrons. The van der Waals surface area contributed by atoms with Crippen LogP contribution in [0.1, 0.15) is 27.2 Å². The number of rotatable bonds is 2. The van der Waals surface area contributed by atoms with Gasteiger partial charge in [0.25, 0.3) is 0 Å². The van der Waals surface area contributed by atoms with Crippen molar-refractivity contribution in [1.29, 1.82) is 0 Å². The molecule has 0 saturated heterocycles.